The van der Waals surface area contributed by atoms with E-state index in [-0.39, 0.29) is 0 Å². The minimum absolute atomic E-state index is 0.491. The lowest BCUT2D eigenvalue weighted by molar-refractivity contribution is 0.414. The van der Waals surface area contributed by atoms with Crippen LogP contribution in [0.5, 0.6) is 5.75 Å². The van der Waals surface area contributed by atoms with Crippen molar-refractivity contribution in [3.8, 4) is 5.75 Å². The van der Waals surface area contributed by atoms with E-state index >= 15 is 0 Å². The van der Waals surface area contributed by atoms with Gasteiger partial charge in [-0.1, -0.05) is 12.1 Å². The monoisotopic (exact) mass is 339 g/mol. The predicted octanol–water partition coefficient (Wildman–Crippen LogP) is 4.30. The maximum atomic E-state index is 5.26. The van der Waals surface area contributed by atoms with Gasteiger partial charge in [-0.15, -0.1) is 11.3 Å². The van der Waals surface area contributed by atoms with E-state index in [0.29, 0.717) is 6.04 Å². The zero-order valence-electron chi connectivity index (χ0n) is 13.8. The van der Waals surface area contributed by atoms with Crippen molar-refractivity contribution in [2.45, 2.75) is 31.7 Å². The second-order valence-corrected chi connectivity index (χ2v) is 7.13. The SMILES string of the molecule is COc1ccc(CC2CCCCN2c2ncnc3sccc23)cc1. The predicted molar refractivity (Wildman–Crippen MR) is 99.1 cm³/mol. The first-order valence-corrected chi connectivity index (χ1v) is 9.31. The van der Waals surface area contributed by atoms with E-state index in [9.17, 15) is 0 Å². The number of hydrogen-bond acceptors (Lipinski definition) is 5. The lowest BCUT2D eigenvalue weighted by atomic mass is 9.95. The van der Waals surface area contributed by atoms with E-state index < -0.39 is 0 Å². The quantitative estimate of drug-likeness (QED) is 0.710. The Balaban J connectivity index is 1.62. The molecule has 1 fully saturated rings. The number of aromatic nitrogens is 2. The molecule has 2 aromatic heterocycles. The van der Waals surface area contributed by atoms with Crippen LogP contribution in [0, 0.1) is 0 Å². The summed E-state index contributed by atoms with van der Waals surface area (Å²) in [7, 11) is 1.71. The summed E-state index contributed by atoms with van der Waals surface area (Å²) < 4.78 is 5.26. The molecule has 4 nitrogen and oxygen atoms in total. The molecule has 1 aromatic carbocycles. The average molecular weight is 339 g/mol. The Hall–Kier alpha value is -2.14. The third kappa shape index (κ3) is 2.96. The Morgan fingerprint density at radius 3 is 2.88 bits per heavy atom. The molecule has 3 aromatic rings. The number of hydrogen-bond donors (Lipinski definition) is 0. The molecule has 0 radical (unpaired) electrons. The fourth-order valence-electron chi connectivity index (χ4n) is 3.53. The van der Waals surface area contributed by atoms with Crippen LogP contribution < -0.4 is 9.64 Å². The van der Waals surface area contributed by atoms with Gasteiger partial charge in [-0.2, -0.15) is 0 Å². The first-order valence-electron chi connectivity index (χ1n) is 8.43. The molecule has 0 bridgehead atoms. The molecule has 0 saturated carbocycles. The van der Waals surface area contributed by atoms with Gasteiger partial charge in [0.1, 0.15) is 22.7 Å². The Morgan fingerprint density at radius 1 is 1.17 bits per heavy atom. The van der Waals surface area contributed by atoms with Gasteiger partial charge in [0, 0.05) is 12.6 Å². The third-order valence-electron chi connectivity index (χ3n) is 4.77. The van der Waals surface area contributed by atoms with Crippen LogP contribution in [-0.4, -0.2) is 29.7 Å². The molecule has 1 atom stereocenters. The number of fused-ring (bicyclic) bond motifs is 1. The minimum Gasteiger partial charge on any atom is -0.497 e. The van der Waals surface area contributed by atoms with E-state index in [0.717, 1.165) is 29.4 Å². The molecular formula is C19H21N3OS. The highest BCUT2D eigenvalue weighted by Gasteiger charge is 2.25. The number of ether oxygens (including phenoxy) is 1. The summed E-state index contributed by atoms with van der Waals surface area (Å²) in [6, 6.07) is 11.1. The first-order chi connectivity index (χ1) is 11.8. The number of methoxy groups -OCH3 is 1. The maximum Gasteiger partial charge on any atom is 0.141 e. The molecule has 0 N–H and O–H groups in total. The fraction of sp³-hybridized carbons (Fsp3) is 0.368. The van der Waals surface area contributed by atoms with Crippen LogP contribution in [0.15, 0.2) is 42.0 Å². The molecule has 1 saturated heterocycles. The number of thiophene rings is 1. The van der Waals surface area contributed by atoms with Gasteiger partial charge < -0.3 is 9.64 Å². The van der Waals surface area contributed by atoms with E-state index in [1.807, 2.05) is 12.1 Å². The zero-order valence-corrected chi connectivity index (χ0v) is 14.6. The Bertz CT molecular complexity index is 815. The summed E-state index contributed by atoms with van der Waals surface area (Å²) in [6.07, 6.45) is 6.47. The standard InChI is InChI=1S/C19H21N3OS/c1-23-16-7-5-14(6-8-16)12-15-4-2-3-10-22(15)18-17-9-11-24-19(17)21-13-20-18/h5-9,11,13,15H,2-4,10,12H2,1H3. The minimum atomic E-state index is 0.491. The summed E-state index contributed by atoms with van der Waals surface area (Å²) in [4.78, 5) is 12.6. The first kappa shape index (κ1) is 15.4. The fourth-order valence-corrected chi connectivity index (χ4v) is 4.26. The third-order valence-corrected chi connectivity index (χ3v) is 5.59. The molecule has 1 aliphatic rings. The normalized spacial score (nSPS) is 18.0. The highest BCUT2D eigenvalue weighted by atomic mass is 32.1. The lowest BCUT2D eigenvalue weighted by Crippen LogP contribution is -2.41. The molecule has 3 heterocycles. The van der Waals surface area contributed by atoms with Gasteiger partial charge in [-0.3, -0.25) is 0 Å². The van der Waals surface area contributed by atoms with E-state index in [4.69, 9.17) is 4.74 Å². The average Bonchev–Trinajstić information content (AvgIpc) is 3.12. The number of rotatable bonds is 4. The highest BCUT2D eigenvalue weighted by molar-refractivity contribution is 7.16. The van der Waals surface area contributed by atoms with Crippen LogP contribution in [0.25, 0.3) is 10.2 Å². The summed E-state index contributed by atoms with van der Waals surface area (Å²) in [5, 5.41) is 3.29. The number of nitrogens with zero attached hydrogens (tertiary/aromatic N) is 3. The van der Waals surface area contributed by atoms with Crippen molar-refractivity contribution in [3.05, 3.63) is 47.6 Å². The van der Waals surface area contributed by atoms with Crippen molar-refractivity contribution in [3.63, 3.8) is 0 Å². The van der Waals surface area contributed by atoms with Crippen molar-refractivity contribution in [1.82, 2.24) is 9.97 Å². The van der Waals surface area contributed by atoms with Gasteiger partial charge in [0.2, 0.25) is 0 Å². The van der Waals surface area contributed by atoms with Gasteiger partial charge >= 0.3 is 0 Å². The second-order valence-electron chi connectivity index (χ2n) is 6.23. The number of piperidine rings is 1. The van der Waals surface area contributed by atoms with Crippen LogP contribution in [0.4, 0.5) is 5.82 Å². The van der Waals surface area contributed by atoms with Crippen LogP contribution in [0.3, 0.4) is 0 Å². The number of anilines is 1. The molecule has 0 aliphatic carbocycles. The largest absolute Gasteiger partial charge is 0.497 e. The van der Waals surface area contributed by atoms with Crippen molar-refractivity contribution in [2.75, 3.05) is 18.6 Å². The zero-order chi connectivity index (χ0) is 16.4. The molecule has 0 amide bonds. The van der Waals surface area contributed by atoms with Gasteiger partial charge in [-0.05, 0) is 54.8 Å². The summed E-state index contributed by atoms with van der Waals surface area (Å²) in [5.74, 6) is 2.01. The topological polar surface area (TPSA) is 38.2 Å². The van der Waals surface area contributed by atoms with Gasteiger partial charge in [0.05, 0.1) is 12.5 Å². The van der Waals surface area contributed by atoms with Gasteiger partial charge in [-0.25, -0.2) is 9.97 Å². The lowest BCUT2D eigenvalue weighted by Gasteiger charge is -2.37. The summed E-state index contributed by atoms with van der Waals surface area (Å²) >= 11 is 1.68. The second kappa shape index (κ2) is 6.77. The Morgan fingerprint density at radius 2 is 2.04 bits per heavy atom. The molecule has 0 spiro atoms. The Kier molecular flexibility index (Phi) is 4.34. The Labute approximate surface area is 146 Å². The van der Waals surface area contributed by atoms with E-state index in [1.54, 1.807) is 24.8 Å². The van der Waals surface area contributed by atoms with Crippen molar-refractivity contribution in [2.24, 2.45) is 0 Å². The molecule has 4 rings (SSSR count). The van der Waals surface area contributed by atoms with E-state index in [2.05, 4.69) is 38.4 Å². The van der Waals surface area contributed by atoms with Crippen LogP contribution in [0.2, 0.25) is 0 Å². The van der Waals surface area contributed by atoms with E-state index in [1.165, 1.54) is 30.2 Å². The number of benzene rings is 1. The van der Waals surface area contributed by atoms with Gasteiger partial charge in [0.15, 0.2) is 0 Å². The molecule has 24 heavy (non-hydrogen) atoms. The summed E-state index contributed by atoms with van der Waals surface area (Å²) in [5.41, 5.74) is 1.35. The molecule has 1 aliphatic heterocycles. The van der Waals surface area contributed by atoms with Crippen LogP contribution in [0.1, 0.15) is 24.8 Å². The molecule has 5 heteroatoms. The highest BCUT2D eigenvalue weighted by Crippen LogP contribution is 2.32. The maximum absolute atomic E-state index is 5.26. The molecule has 1 unspecified atom stereocenters. The molecular weight excluding hydrogens is 318 g/mol. The van der Waals surface area contributed by atoms with Crippen molar-refractivity contribution >= 4 is 27.4 Å². The summed E-state index contributed by atoms with van der Waals surface area (Å²) in [6.45, 7) is 1.07. The van der Waals surface area contributed by atoms with Gasteiger partial charge in [0.25, 0.3) is 0 Å². The smallest absolute Gasteiger partial charge is 0.141 e. The van der Waals surface area contributed by atoms with Crippen molar-refractivity contribution in [1.29, 1.82) is 0 Å². The van der Waals surface area contributed by atoms with Crippen molar-refractivity contribution < 1.29 is 4.74 Å². The molecule has 124 valence electrons. The van der Waals surface area contributed by atoms with Crippen LogP contribution >= 0.6 is 11.3 Å². The van der Waals surface area contributed by atoms with Crippen LogP contribution in [-0.2, 0) is 6.42 Å².